The first-order valence-corrected chi connectivity index (χ1v) is 11.7. The zero-order valence-electron chi connectivity index (χ0n) is 18.4. The maximum atomic E-state index is 6.00. The molecule has 4 rings (SSSR count). The molecule has 30 heavy (non-hydrogen) atoms. The van der Waals surface area contributed by atoms with E-state index < -0.39 is 0 Å². The Labute approximate surface area is 186 Å². The molecule has 3 nitrogen and oxygen atoms in total. The maximum absolute atomic E-state index is 6.00. The summed E-state index contributed by atoms with van der Waals surface area (Å²) < 4.78 is 2.35. The van der Waals surface area contributed by atoms with E-state index in [-0.39, 0.29) is 0 Å². The van der Waals surface area contributed by atoms with Gasteiger partial charge in [0.15, 0.2) is 5.11 Å². The predicted molar refractivity (Wildman–Crippen MR) is 132 cm³/mol. The number of nitrogens with zero attached hydrogens (tertiary/aromatic N) is 2. The number of hydrogen-bond acceptors (Lipinski definition) is 1. The highest BCUT2D eigenvalue weighted by Crippen LogP contribution is 2.29. The van der Waals surface area contributed by atoms with Crippen LogP contribution in [0.25, 0.3) is 10.9 Å². The smallest absolute Gasteiger partial charge is 0.173 e. The second kappa shape index (κ2) is 9.22. The molecule has 1 N–H and O–H groups in total. The lowest BCUT2D eigenvalue weighted by Crippen LogP contribution is -2.43. The van der Waals surface area contributed by atoms with E-state index in [1.165, 1.54) is 59.7 Å². The Morgan fingerprint density at radius 2 is 1.87 bits per heavy atom. The lowest BCUT2D eigenvalue weighted by atomic mass is 9.94. The number of benzene rings is 2. The molecule has 0 aliphatic heterocycles. The third-order valence-corrected chi connectivity index (χ3v) is 6.79. The van der Waals surface area contributed by atoms with E-state index in [1.807, 2.05) is 0 Å². The summed E-state index contributed by atoms with van der Waals surface area (Å²) in [6.45, 7) is 8.33. The number of anilines is 1. The summed E-state index contributed by atoms with van der Waals surface area (Å²) in [7, 11) is 0. The molecule has 0 atom stereocenters. The third kappa shape index (κ3) is 4.39. The number of thiocarbonyl (C=S) groups is 1. The molecule has 1 aromatic heterocycles. The van der Waals surface area contributed by atoms with Crippen molar-refractivity contribution in [3.63, 3.8) is 0 Å². The van der Waals surface area contributed by atoms with Gasteiger partial charge in [-0.3, -0.25) is 0 Å². The van der Waals surface area contributed by atoms with Gasteiger partial charge in [0, 0.05) is 41.9 Å². The molecule has 0 amide bonds. The van der Waals surface area contributed by atoms with Crippen LogP contribution in [0.5, 0.6) is 0 Å². The first kappa shape index (κ1) is 20.9. The SMILES string of the molecule is CCn1cc(CN(C(=S)Nc2ccc(C)cc2C)C2CCCCC2)c2ccccc21. The van der Waals surface area contributed by atoms with Crippen LogP contribution in [-0.2, 0) is 13.1 Å². The number of fused-ring (bicyclic) bond motifs is 1. The van der Waals surface area contributed by atoms with Crippen molar-refractivity contribution in [1.82, 2.24) is 9.47 Å². The molecule has 0 saturated heterocycles. The highest BCUT2D eigenvalue weighted by molar-refractivity contribution is 7.80. The van der Waals surface area contributed by atoms with E-state index in [0.29, 0.717) is 6.04 Å². The molecule has 1 saturated carbocycles. The van der Waals surface area contributed by atoms with Crippen LogP contribution in [0.4, 0.5) is 5.69 Å². The lowest BCUT2D eigenvalue weighted by molar-refractivity contribution is 0.241. The van der Waals surface area contributed by atoms with Gasteiger partial charge in [-0.1, -0.05) is 55.2 Å². The van der Waals surface area contributed by atoms with Gasteiger partial charge < -0.3 is 14.8 Å². The van der Waals surface area contributed by atoms with Gasteiger partial charge in [-0.25, -0.2) is 0 Å². The topological polar surface area (TPSA) is 20.2 Å². The van der Waals surface area contributed by atoms with Crippen molar-refractivity contribution in [3.8, 4) is 0 Å². The van der Waals surface area contributed by atoms with Gasteiger partial charge in [0.1, 0.15) is 0 Å². The van der Waals surface area contributed by atoms with E-state index in [4.69, 9.17) is 12.2 Å². The second-order valence-electron chi connectivity index (χ2n) is 8.63. The van der Waals surface area contributed by atoms with Crippen LogP contribution in [0, 0.1) is 13.8 Å². The highest BCUT2D eigenvalue weighted by Gasteiger charge is 2.25. The summed E-state index contributed by atoms with van der Waals surface area (Å²) in [6.07, 6.45) is 8.70. The Morgan fingerprint density at radius 3 is 2.60 bits per heavy atom. The van der Waals surface area contributed by atoms with E-state index in [9.17, 15) is 0 Å². The molecule has 3 aromatic rings. The summed E-state index contributed by atoms with van der Waals surface area (Å²) in [5, 5.41) is 5.77. The number of rotatable bonds is 5. The van der Waals surface area contributed by atoms with Gasteiger partial charge in [0.2, 0.25) is 0 Å². The van der Waals surface area contributed by atoms with Crippen LogP contribution in [0.15, 0.2) is 48.7 Å². The van der Waals surface area contributed by atoms with Crippen molar-refractivity contribution in [1.29, 1.82) is 0 Å². The first-order chi connectivity index (χ1) is 14.6. The molecular formula is C26H33N3S. The summed E-state index contributed by atoms with van der Waals surface area (Å²) in [6, 6.07) is 15.8. The summed E-state index contributed by atoms with van der Waals surface area (Å²) in [5.74, 6) is 0. The molecular weight excluding hydrogens is 386 g/mol. The zero-order valence-corrected chi connectivity index (χ0v) is 19.3. The Balaban J connectivity index is 1.64. The van der Waals surface area contributed by atoms with E-state index in [2.05, 4.69) is 84.2 Å². The van der Waals surface area contributed by atoms with Gasteiger partial charge in [-0.15, -0.1) is 0 Å². The van der Waals surface area contributed by atoms with Gasteiger partial charge in [0.05, 0.1) is 0 Å². The molecule has 1 heterocycles. The van der Waals surface area contributed by atoms with Crippen LogP contribution >= 0.6 is 12.2 Å². The largest absolute Gasteiger partial charge is 0.347 e. The van der Waals surface area contributed by atoms with E-state index in [1.54, 1.807) is 0 Å². The van der Waals surface area contributed by atoms with Crippen LogP contribution in [0.2, 0.25) is 0 Å². The Morgan fingerprint density at radius 1 is 1.10 bits per heavy atom. The molecule has 0 bridgehead atoms. The summed E-state index contributed by atoms with van der Waals surface area (Å²) >= 11 is 6.00. The van der Waals surface area contributed by atoms with Crippen molar-refractivity contribution >= 4 is 33.9 Å². The molecule has 1 aliphatic rings. The number of aryl methyl sites for hydroxylation is 3. The predicted octanol–water partition coefficient (Wildman–Crippen LogP) is 6.81. The zero-order chi connectivity index (χ0) is 21.1. The quantitative estimate of drug-likeness (QED) is 0.459. The number of para-hydroxylation sites is 1. The van der Waals surface area contributed by atoms with E-state index >= 15 is 0 Å². The molecule has 0 unspecified atom stereocenters. The Bertz CT molecular complexity index is 1030. The van der Waals surface area contributed by atoms with Crippen molar-refractivity contribution < 1.29 is 0 Å². The van der Waals surface area contributed by atoms with Gasteiger partial charge >= 0.3 is 0 Å². The van der Waals surface area contributed by atoms with Gasteiger partial charge in [-0.05, 0) is 69.1 Å². The minimum Gasteiger partial charge on any atom is -0.347 e. The molecule has 4 heteroatoms. The maximum Gasteiger partial charge on any atom is 0.173 e. The summed E-state index contributed by atoms with van der Waals surface area (Å²) in [4.78, 5) is 2.45. The number of nitrogens with one attached hydrogen (secondary N) is 1. The molecule has 2 aromatic carbocycles. The average molecular weight is 420 g/mol. The minimum atomic E-state index is 0.508. The fraction of sp³-hybridized carbons (Fsp3) is 0.423. The van der Waals surface area contributed by atoms with Crippen LogP contribution in [0.3, 0.4) is 0 Å². The third-order valence-electron chi connectivity index (χ3n) is 6.45. The number of hydrogen-bond donors (Lipinski definition) is 1. The molecule has 158 valence electrons. The standard InChI is InChI=1S/C26H33N3S/c1-4-28-17-21(23-12-8-9-13-25(23)28)18-29(22-10-6-5-7-11-22)26(30)27-24-15-14-19(2)16-20(24)3/h8-9,12-17,22H,4-7,10-11,18H2,1-3H3,(H,27,30). The monoisotopic (exact) mass is 419 g/mol. The van der Waals surface area contributed by atoms with Crippen LogP contribution in [-0.4, -0.2) is 20.6 Å². The second-order valence-corrected chi connectivity index (χ2v) is 9.01. The lowest BCUT2D eigenvalue weighted by Gasteiger charge is -2.36. The molecule has 1 aliphatic carbocycles. The van der Waals surface area contributed by atoms with Crippen molar-refractivity contribution in [2.24, 2.45) is 0 Å². The fourth-order valence-electron chi connectivity index (χ4n) is 4.79. The fourth-order valence-corrected chi connectivity index (χ4v) is 5.12. The normalized spacial score (nSPS) is 14.8. The Hall–Kier alpha value is -2.33. The first-order valence-electron chi connectivity index (χ1n) is 11.3. The van der Waals surface area contributed by atoms with Gasteiger partial charge in [-0.2, -0.15) is 0 Å². The Kier molecular flexibility index (Phi) is 6.43. The van der Waals surface area contributed by atoms with Crippen LogP contribution < -0.4 is 5.32 Å². The number of aromatic nitrogens is 1. The molecule has 0 spiro atoms. The van der Waals surface area contributed by atoms with E-state index in [0.717, 1.165) is 23.9 Å². The van der Waals surface area contributed by atoms with Gasteiger partial charge in [0.25, 0.3) is 0 Å². The minimum absolute atomic E-state index is 0.508. The molecule has 1 fully saturated rings. The molecule has 0 radical (unpaired) electrons. The summed E-state index contributed by atoms with van der Waals surface area (Å²) in [5.41, 5.74) is 6.31. The van der Waals surface area contributed by atoms with Crippen molar-refractivity contribution in [3.05, 3.63) is 65.4 Å². The van der Waals surface area contributed by atoms with Crippen LogP contribution in [0.1, 0.15) is 55.7 Å². The highest BCUT2D eigenvalue weighted by atomic mass is 32.1. The van der Waals surface area contributed by atoms with Crippen molar-refractivity contribution in [2.45, 2.75) is 72.0 Å². The average Bonchev–Trinajstić information content (AvgIpc) is 3.12. The van der Waals surface area contributed by atoms with Crippen molar-refractivity contribution in [2.75, 3.05) is 5.32 Å².